The SMILES string of the molecule is FC(F)=CC(F)(C(F)(F)F)C(F)(F)F. The van der Waals surface area contributed by atoms with E-state index in [0.29, 0.717) is 0 Å². The summed E-state index contributed by atoms with van der Waals surface area (Å²) in [5, 5.41) is 0. The molecule has 9 heteroatoms. The van der Waals surface area contributed by atoms with Gasteiger partial charge in [0.05, 0.1) is 0 Å². The van der Waals surface area contributed by atoms with Gasteiger partial charge in [-0.15, -0.1) is 0 Å². The molecule has 0 amide bonds. The molecule has 0 aromatic carbocycles. The van der Waals surface area contributed by atoms with Crippen molar-refractivity contribution < 1.29 is 39.5 Å². The summed E-state index contributed by atoms with van der Waals surface area (Å²) in [5.74, 6) is 0. The average molecular weight is 232 g/mol. The van der Waals surface area contributed by atoms with Crippen LogP contribution in [0, 0.1) is 0 Å². The van der Waals surface area contributed by atoms with Crippen LogP contribution in [0.25, 0.3) is 0 Å². The maximum atomic E-state index is 12.2. The number of alkyl halides is 7. The van der Waals surface area contributed by atoms with E-state index in [4.69, 9.17) is 0 Å². The third-order valence-corrected chi connectivity index (χ3v) is 1.13. The molecule has 0 aliphatic carbocycles. The van der Waals surface area contributed by atoms with Gasteiger partial charge in [-0.3, -0.25) is 0 Å². The lowest BCUT2D eigenvalue weighted by atomic mass is 10.1. The highest BCUT2D eigenvalue weighted by Gasteiger charge is 2.71. The summed E-state index contributed by atoms with van der Waals surface area (Å²) in [7, 11) is 0. The predicted octanol–water partition coefficient (Wildman–Crippen LogP) is 3.60. The molecule has 0 atom stereocenters. The average Bonchev–Trinajstić information content (AvgIpc) is 1.79. The van der Waals surface area contributed by atoms with E-state index in [1.807, 2.05) is 0 Å². The third-order valence-electron chi connectivity index (χ3n) is 1.13. The van der Waals surface area contributed by atoms with E-state index in [1.165, 1.54) is 0 Å². The van der Waals surface area contributed by atoms with Gasteiger partial charge in [-0.2, -0.15) is 35.1 Å². The molecule has 0 N–H and O–H groups in total. The fourth-order valence-corrected chi connectivity index (χ4v) is 0.475. The van der Waals surface area contributed by atoms with Gasteiger partial charge in [-0.05, 0) is 0 Å². The summed E-state index contributed by atoms with van der Waals surface area (Å²) in [6.07, 6.45) is -18.2. The zero-order chi connectivity index (χ0) is 11.8. The van der Waals surface area contributed by atoms with Crippen LogP contribution in [0.2, 0.25) is 0 Å². The van der Waals surface area contributed by atoms with Crippen LogP contribution in [0.3, 0.4) is 0 Å². The van der Waals surface area contributed by atoms with Crippen molar-refractivity contribution in [3.8, 4) is 0 Å². The van der Waals surface area contributed by atoms with Crippen molar-refractivity contribution in [3.63, 3.8) is 0 Å². The first-order chi connectivity index (χ1) is 5.92. The number of hydrogen-bond acceptors (Lipinski definition) is 0. The Morgan fingerprint density at radius 3 is 1.07 bits per heavy atom. The van der Waals surface area contributed by atoms with E-state index in [2.05, 4.69) is 0 Å². The Hall–Kier alpha value is -0.890. The molecular weight excluding hydrogens is 231 g/mol. The van der Waals surface area contributed by atoms with Gasteiger partial charge >= 0.3 is 18.0 Å². The Kier molecular flexibility index (Phi) is 3.14. The van der Waals surface area contributed by atoms with Crippen LogP contribution >= 0.6 is 0 Å². The Labute approximate surface area is 71.0 Å². The van der Waals surface area contributed by atoms with Crippen LogP contribution in [0.4, 0.5) is 39.5 Å². The second-order valence-corrected chi connectivity index (χ2v) is 2.14. The highest BCUT2D eigenvalue weighted by atomic mass is 19.4. The van der Waals surface area contributed by atoms with Crippen molar-refractivity contribution >= 4 is 0 Å². The fraction of sp³-hybridized carbons (Fsp3) is 0.600. The first kappa shape index (κ1) is 13.1. The van der Waals surface area contributed by atoms with Crippen LogP contribution in [0.15, 0.2) is 12.2 Å². The second kappa shape index (κ2) is 3.35. The second-order valence-electron chi connectivity index (χ2n) is 2.14. The highest BCUT2D eigenvalue weighted by molar-refractivity contribution is 5.11. The summed E-state index contributed by atoms with van der Waals surface area (Å²) in [6, 6.07) is 0. The lowest BCUT2D eigenvalue weighted by molar-refractivity contribution is -0.322. The lowest BCUT2D eigenvalue weighted by Gasteiger charge is -2.26. The molecule has 84 valence electrons. The molecule has 0 saturated carbocycles. The normalized spacial score (nSPS) is 14.1. The van der Waals surface area contributed by atoms with Gasteiger partial charge in [0.25, 0.3) is 6.08 Å². The molecule has 0 aliphatic heterocycles. The minimum absolute atomic E-state index is 1.81. The van der Waals surface area contributed by atoms with Crippen LogP contribution in [-0.2, 0) is 0 Å². The predicted molar refractivity (Wildman–Crippen MR) is 26.2 cm³/mol. The van der Waals surface area contributed by atoms with Gasteiger partial charge < -0.3 is 0 Å². The van der Waals surface area contributed by atoms with E-state index in [1.54, 1.807) is 0 Å². The molecule has 0 aromatic heterocycles. The molecule has 0 nitrogen and oxygen atoms in total. The highest BCUT2D eigenvalue weighted by Crippen LogP contribution is 2.47. The van der Waals surface area contributed by atoms with Crippen LogP contribution in [0.5, 0.6) is 0 Å². The largest absolute Gasteiger partial charge is 0.435 e. The number of allylic oxidation sites excluding steroid dienone is 1. The van der Waals surface area contributed by atoms with E-state index in [0.717, 1.165) is 0 Å². The summed E-state index contributed by atoms with van der Waals surface area (Å²) >= 11 is 0. The van der Waals surface area contributed by atoms with Crippen LogP contribution in [0.1, 0.15) is 0 Å². The zero-order valence-electron chi connectivity index (χ0n) is 5.98. The minimum Gasteiger partial charge on any atom is -0.219 e. The summed E-state index contributed by atoms with van der Waals surface area (Å²) < 4.78 is 104. The van der Waals surface area contributed by atoms with Gasteiger partial charge in [0.2, 0.25) is 0 Å². The molecule has 14 heavy (non-hydrogen) atoms. The molecule has 0 bridgehead atoms. The van der Waals surface area contributed by atoms with Crippen molar-refractivity contribution in [2.75, 3.05) is 0 Å². The van der Waals surface area contributed by atoms with E-state index in [9.17, 15) is 39.5 Å². The Balaban J connectivity index is 5.41. The molecule has 0 saturated heterocycles. The molecule has 0 radical (unpaired) electrons. The zero-order valence-corrected chi connectivity index (χ0v) is 5.98. The number of rotatable bonds is 1. The molecule has 0 heterocycles. The van der Waals surface area contributed by atoms with E-state index >= 15 is 0 Å². The van der Waals surface area contributed by atoms with E-state index < -0.39 is 30.2 Å². The van der Waals surface area contributed by atoms with Gasteiger partial charge in [0.15, 0.2) is 0 Å². The quantitative estimate of drug-likeness (QED) is 0.606. The van der Waals surface area contributed by atoms with Crippen molar-refractivity contribution in [2.24, 2.45) is 0 Å². The maximum absolute atomic E-state index is 12.2. The molecular formula is C5HF9. The van der Waals surface area contributed by atoms with Gasteiger partial charge in [-0.1, -0.05) is 0 Å². The first-order valence-corrected chi connectivity index (χ1v) is 2.78. The monoisotopic (exact) mass is 232 g/mol. The molecule has 0 fully saturated rings. The standard InChI is InChI=1S/C5HF9/c6-2(7)1-3(8,4(9,10)11)5(12,13)14/h1H. The minimum atomic E-state index is -6.48. The molecule has 0 unspecified atom stereocenters. The Bertz CT molecular complexity index is 213. The topological polar surface area (TPSA) is 0 Å². The third kappa shape index (κ3) is 2.32. The molecule has 0 aliphatic rings. The van der Waals surface area contributed by atoms with Crippen molar-refractivity contribution in [2.45, 2.75) is 18.0 Å². The van der Waals surface area contributed by atoms with Crippen molar-refractivity contribution in [3.05, 3.63) is 12.2 Å². The van der Waals surface area contributed by atoms with Gasteiger partial charge in [-0.25, -0.2) is 4.39 Å². The van der Waals surface area contributed by atoms with Crippen molar-refractivity contribution in [1.29, 1.82) is 0 Å². The lowest BCUT2D eigenvalue weighted by Crippen LogP contribution is -2.51. The fourth-order valence-electron chi connectivity index (χ4n) is 0.475. The van der Waals surface area contributed by atoms with Gasteiger partial charge in [0.1, 0.15) is 0 Å². The van der Waals surface area contributed by atoms with Crippen molar-refractivity contribution in [1.82, 2.24) is 0 Å². The molecule has 0 rings (SSSR count). The summed E-state index contributed by atoms with van der Waals surface area (Å²) in [4.78, 5) is 0. The van der Waals surface area contributed by atoms with Crippen LogP contribution < -0.4 is 0 Å². The first-order valence-electron chi connectivity index (χ1n) is 2.78. The summed E-state index contributed by atoms with van der Waals surface area (Å²) in [5.41, 5.74) is -6.02. The van der Waals surface area contributed by atoms with Gasteiger partial charge in [0, 0.05) is 6.08 Å². The number of halogens is 9. The Morgan fingerprint density at radius 2 is 1.00 bits per heavy atom. The molecule has 0 spiro atoms. The molecule has 0 aromatic rings. The maximum Gasteiger partial charge on any atom is 0.435 e. The smallest absolute Gasteiger partial charge is 0.219 e. The summed E-state index contributed by atoms with van der Waals surface area (Å²) in [6.45, 7) is 0. The number of hydrogen-bond donors (Lipinski definition) is 0. The Morgan fingerprint density at radius 1 is 0.714 bits per heavy atom. The van der Waals surface area contributed by atoms with E-state index in [-0.39, 0.29) is 0 Å². The van der Waals surface area contributed by atoms with Crippen LogP contribution in [-0.4, -0.2) is 18.0 Å².